The molecule has 3 N–H and O–H groups in total. The summed E-state index contributed by atoms with van der Waals surface area (Å²) >= 11 is 0. The van der Waals surface area contributed by atoms with Gasteiger partial charge in [-0.2, -0.15) is 0 Å². The molecule has 0 heterocycles. The minimum atomic E-state index is -0.456. The van der Waals surface area contributed by atoms with Crippen molar-refractivity contribution in [3.8, 4) is 11.8 Å². The van der Waals surface area contributed by atoms with Crippen LogP contribution in [-0.2, 0) is 0 Å². The molecule has 0 saturated heterocycles. The van der Waals surface area contributed by atoms with Crippen molar-refractivity contribution in [3.63, 3.8) is 0 Å². The summed E-state index contributed by atoms with van der Waals surface area (Å²) in [7, 11) is 0. The van der Waals surface area contributed by atoms with Crippen LogP contribution in [0.3, 0.4) is 0 Å². The Morgan fingerprint density at radius 3 is 2.83 bits per heavy atom. The summed E-state index contributed by atoms with van der Waals surface area (Å²) in [4.78, 5) is 11.9. The number of carbonyl (C=O) groups is 1. The number of nitrogens with two attached hydrogens (primary N) is 1. The summed E-state index contributed by atoms with van der Waals surface area (Å²) in [6.45, 7) is 4.71. The number of halogens is 1. The largest absolute Gasteiger partial charge is 0.352 e. The summed E-state index contributed by atoms with van der Waals surface area (Å²) in [5.41, 5.74) is 6.02. The van der Waals surface area contributed by atoms with Crippen molar-refractivity contribution in [1.29, 1.82) is 0 Å². The highest BCUT2D eigenvalue weighted by atomic mass is 19.1. The van der Waals surface area contributed by atoms with E-state index in [-0.39, 0.29) is 18.0 Å². The van der Waals surface area contributed by atoms with Crippen LogP contribution in [0.2, 0.25) is 0 Å². The lowest BCUT2D eigenvalue weighted by atomic mass is 10.1. The number of amides is 1. The third kappa shape index (κ3) is 4.19. The second-order valence-corrected chi connectivity index (χ2v) is 4.30. The zero-order valence-electron chi connectivity index (χ0n) is 10.6. The molecule has 0 unspecified atom stereocenters. The maximum absolute atomic E-state index is 13.2. The van der Waals surface area contributed by atoms with E-state index in [0.717, 1.165) is 0 Å². The van der Waals surface area contributed by atoms with Gasteiger partial charge in [-0.15, -0.1) is 0 Å². The van der Waals surface area contributed by atoms with Crippen LogP contribution in [0.1, 0.15) is 29.8 Å². The topological polar surface area (TPSA) is 55.1 Å². The maximum Gasteiger partial charge on any atom is 0.252 e. The fraction of sp³-hybridized carbons (Fsp3) is 0.357. The lowest BCUT2D eigenvalue weighted by Crippen LogP contribution is -2.28. The SMILES string of the molecule is CC(C)CNC(=O)c1cc(F)ccc1C#CCN. The maximum atomic E-state index is 13.2. The summed E-state index contributed by atoms with van der Waals surface area (Å²) < 4.78 is 13.2. The van der Waals surface area contributed by atoms with Crippen LogP contribution in [0, 0.1) is 23.6 Å². The first-order chi connectivity index (χ1) is 8.54. The molecule has 1 aromatic carbocycles. The fourth-order valence-electron chi connectivity index (χ4n) is 1.35. The molecule has 0 aliphatic heterocycles. The van der Waals surface area contributed by atoms with Gasteiger partial charge in [0.25, 0.3) is 5.91 Å². The Morgan fingerprint density at radius 1 is 1.50 bits per heavy atom. The molecule has 0 spiro atoms. The first-order valence-corrected chi connectivity index (χ1v) is 5.81. The van der Waals surface area contributed by atoms with E-state index in [1.165, 1.54) is 18.2 Å². The predicted octanol–water partition coefficient (Wildman–Crippen LogP) is 1.52. The van der Waals surface area contributed by atoms with Gasteiger partial charge in [0.1, 0.15) is 5.82 Å². The third-order valence-electron chi connectivity index (χ3n) is 2.22. The van der Waals surface area contributed by atoms with E-state index < -0.39 is 5.82 Å². The number of hydrogen-bond acceptors (Lipinski definition) is 2. The van der Waals surface area contributed by atoms with Gasteiger partial charge in [-0.05, 0) is 24.1 Å². The fourth-order valence-corrected chi connectivity index (χ4v) is 1.35. The van der Waals surface area contributed by atoms with E-state index in [1.54, 1.807) is 0 Å². The summed E-state index contributed by atoms with van der Waals surface area (Å²) in [6.07, 6.45) is 0. The summed E-state index contributed by atoms with van der Waals surface area (Å²) in [5.74, 6) is 4.99. The number of nitrogens with one attached hydrogen (secondary N) is 1. The Balaban J connectivity index is 2.97. The molecule has 0 radical (unpaired) electrons. The standard InChI is InChI=1S/C14H17FN2O/c1-10(2)9-17-14(18)13-8-12(15)6-5-11(13)4-3-7-16/h5-6,8,10H,7,9,16H2,1-2H3,(H,17,18). The molecule has 0 fully saturated rings. The zero-order valence-corrected chi connectivity index (χ0v) is 10.6. The molecule has 3 nitrogen and oxygen atoms in total. The van der Waals surface area contributed by atoms with Crippen LogP contribution < -0.4 is 11.1 Å². The number of hydrogen-bond donors (Lipinski definition) is 2. The normalized spacial score (nSPS) is 9.83. The highest BCUT2D eigenvalue weighted by Crippen LogP contribution is 2.10. The van der Waals surface area contributed by atoms with Gasteiger partial charge in [-0.25, -0.2) is 4.39 Å². The zero-order chi connectivity index (χ0) is 13.5. The van der Waals surface area contributed by atoms with Crippen molar-refractivity contribution in [2.75, 3.05) is 13.1 Å². The van der Waals surface area contributed by atoms with E-state index >= 15 is 0 Å². The molecule has 1 rings (SSSR count). The molecule has 0 saturated carbocycles. The highest BCUT2D eigenvalue weighted by Gasteiger charge is 2.11. The molecule has 4 heteroatoms. The molecule has 0 bridgehead atoms. The molecular formula is C14H17FN2O. The van der Waals surface area contributed by atoms with Crippen LogP contribution in [0.15, 0.2) is 18.2 Å². The smallest absolute Gasteiger partial charge is 0.252 e. The van der Waals surface area contributed by atoms with Crippen LogP contribution in [-0.4, -0.2) is 19.0 Å². The van der Waals surface area contributed by atoms with Gasteiger partial charge >= 0.3 is 0 Å². The third-order valence-corrected chi connectivity index (χ3v) is 2.22. The average molecular weight is 248 g/mol. The second-order valence-electron chi connectivity index (χ2n) is 4.30. The minimum absolute atomic E-state index is 0.199. The van der Waals surface area contributed by atoms with Gasteiger partial charge in [0.05, 0.1) is 12.1 Å². The number of benzene rings is 1. The molecule has 0 aromatic heterocycles. The van der Waals surface area contributed by atoms with Crippen LogP contribution in [0.5, 0.6) is 0 Å². The first-order valence-electron chi connectivity index (χ1n) is 5.81. The Hall–Kier alpha value is -1.86. The van der Waals surface area contributed by atoms with Crippen molar-refractivity contribution in [2.24, 2.45) is 11.7 Å². The van der Waals surface area contributed by atoms with Gasteiger partial charge < -0.3 is 11.1 Å². The molecule has 18 heavy (non-hydrogen) atoms. The van der Waals surface area contributed by atoms with Gasteiger partial charge in [0, 0.05) is 12.1 Å². The van der Waals surface area contributed by atoms with Crippen molar-refractivity contribution in [2.45, 2.75) is 13.8 Å². The van der Waals surface area contributed by atoms with Crippen molar-refractivity contribution >= 4 is 5.91 Å². The van der Waals surface area contributed by atoms with E-state index in [2.05, 4.69) is 17.2 Å². The number of carbonyl (C=O) groups excluding carboxylic acids is 1. The van der Waals surface area contributed by atoms with E-state index in [0.29, 0.717) is 18.0 Å². The van der Waals surface area contributed by atoms with Gasteiger partial charge in [-0.1, -0.05) is 25.7 Å². The number of rotatable bonds is 3. The monoisotopic (exact) mass is 248 g/mol. The van der Waals surface area contributed by atoms with Gasteiger partial charge in [-0.3, -0.25) is 4.79 Å². The molecule has 96 valence electrons. The van der Waals surface area contributed by atoms with Crippen LogP contribution in [0.25, 0.3) is 0 Å². The van der Waals surface area contributed by atoms with Crippen molar-refractivity contribution < 1.29 is 9.18 Å². The minimum Gasteiger partial charge on any atom is -0.352 e. The van der Waals surface area contributed by atoms with E-state index in [1.807, 2.05) is 13.8 Å². The van der Waals surface area contributed by atoms with Crippen molar-refractivity contribution in [1.82, 2.24) is 5.32 Å². The highest BCUT2D eigenvalue weighted by molar-refractivity contribution is 5.96. The molecule has 0 atom stereocenters. The van der Waals surface area contributed by atoms with Gasteiger partial charge in [0.15, 0.2) is 0 Å². The Kier molecular flexibility index (Phi) is 5.34. The van der Waals surface area contributed by atoms with Crippen molar-refractivity contribution in [3.05, 3.63) is 35.1 Å². The van der Waals surface area contributed by atoms with E-state index in [4.69, 9.17) is 5.73 Å². The summed E-state index contributed by atoms with van der Waals surface area (Å²) in [6, 6.07) is 3.96. The Labute approximate surface area is 107 Å². The molecule has 0 aliphatic rings. The lowest BCUT2D eigenvalue weighted by Gasteiger charge is -2.09. The Bertz CT molecular complexity index is 486. The first kappa shape index (κ1) is 14.2. The molecular weight excluding hydrogens is 231 g/mol. The lowest BCUT2D eigenvalue weighted by molar-refractivity contribution is 0.0948. The quantitative estimate of drug-likeness (QED) is 0.797. The second kappa shape index (κ2) is 6.77. The summed E-state index contributed by atoms with van der Waals surface area (Å²) in [5, 5.41) is 2.74. The van der Waals surface area contributed by atoms with E-state index in [9.17, 15) is 9.18 Å². The predicted molar refractivity (Wildman–Crippen MR) is 69.5 cm³/mol. The Morgan fingerprint density at radius 2 is 2.22 bits per heavy atom. The molecule has 1 aromatic rings. The molecule has 0 aliphatic carbocycles. The van der Waals surface area contributed by atoms with Crippen LogP contribution >= 0.6 is 0 Å². The molecule has 1 amide bonds. The van der Waals surface area contributed by atoms with Crippen LogP contribution in [0.4, 0.5) is 4.39 Å². The van der Waals surface area contributed by atoms with Gasteiger partial charge in [0.2, 0.25) is 0 Å². The average Bonchev–Trinajstić information content (AvgIpc) is 2.34.